The van der Waals surface area contributed by atoms with Gasteiger partial charge in [-0.05, 0) is 69.7 Å². The zero-order valence-electron chi connectivity index (χ0n) is 18.8. The van der Waals surface area contributed by atoms with Crippen LogP contribution in [0.2, 0.25) is 0 Å². The second-order valence-corrected chi connectivity index (χ2v) is 7.67. The molecule has 1 aromatic carbocycles. The van der Waals surface area contributed by atoms with Crippen molar-refractivity contribution < 1.29 is 23.8 Å². The minimum absolute atomic E-state index is 0.179. The summed E-state index contributed by atoms with van der Waals surface area (Å²) < 4.78 is 16.0. The Morgan fingerprint density at radius 1 is 1.19 bits per heavy atom. The molecule has 0 fully saturated rings. The van der Waals surface area contributed by atoms with Crippen LogP contribution in [0, 0.1) is 0 Å². The first kappa shape index (κ1) is 22.7. The van der Waals surface area contributed by atoms with Crippen LogP contribution < -0.4 is 9.47 Å². The topological polar surface area (TPSA) is 65.1 Å². The first-order valence-corrected chi connectivity index (χ1v) is 10.8. The monoisotopic (exact) mass is 425 g/mol. The molecule has 0 radical (unpaired) electrons. The van der Waals surface area contributed by atoms with Gasteiger partial charge in [0.05, 0.1) is 32.0 Å². The molecular weight excluding hydrogens is 394 g/mol. The molecule has 0 bridgehead atoms. The van der Waals surface area contributed by atoms with Crippen molar-refractivity contribution >= 4 is 18.0 Å². The Morgan fingerprint density at radius 3 is 2.65 bits per heavy atom. The van der Waals surface area contributed by atoms with Gasteiger partial charge in [0.25, 0.3) is 5.91 Å². The van der Waals surface area contributed by atoms with Crippen LogP contribution in [-0.4, -0.2) is 44.1 Å². The number of esters is 1. The van der Waals surface area contributed by atoms with Gasteiger partial charge in [0.1, 0.15) is 0 Å². The number of rotatable bonds is 8. The molecule has 6 nitrogen and oxygen atoms in total. The van der Waals surface area contributed by atoms with Gasteiger partial charge in [-0.3, -0.25) is 4.79 Å². The minimum atomic E-state index is -0.505. The second-order valence-electron chi connectivity index (χ2n) is 7.67. The van der Waals surface area contributed by atoms with Crippen molar-refractivity contribution in [2.24, 2.45) is 0 Å². The maximum absolute atomic E-state index is 13.3. The largest absolute Gasteiger partial charge is 0.493 e. The van der Waals surface area contributed by atoms with E-state index >= 15 is 0 Å². The highest BCUT2D eigenvalue weighted by atomic mass is 16.5. The predicted molar refractivity (Wildman–Crippen MR) is 120 cm³/mol. The standard InChI is InChI=1S/C25H31NO5/c1-5-31-21-12-11-19(16-22(21)29-3)15-20-23(25(28)30-4)17(2)26(24(20)27)14-13-18-9-7-6-8-10-18/h9,11-12,15-16H,5-8,10,13-14H2,1-4H3. The smallest absolute Gasteiger partial charge is 0.340 e. The highest BCUT2D eigenvalue weighted by molar-refractivity contribution is 6.16. The normalized spacial score (nSPS) is 17.8. The van der Waals surface area contributed by atoms with Crippen LogP contribution >= 0.6 is 0 Å². The third kappa shape index (κ3) is 5.01. The molecule has 1 aliphatic heterocycles. The molecule has 166 valence electrons. The Labute approximate surface area is 184 Å². The van der Waals surface area contributed by atoms with E-state index in [0.717, 1.165) is 24.8 Å². The Hall–Kier alpha value is -3.02. The molecule has 0 aromatic heterocycles. The lowest BCUT2D eigenvalue weighted by atomic mass is 9.97. The van der Waals surface area contributed by atoms with Gasteiger partial charge in [-0.2, -0.15) is 0 Å². The summed E-state index contributed by atoms with van der Waals surface area (Å²) >= 11 is 0. The van der Waals surface area contributed by atoms with E-state index in [2.05, 4.69) is 6.08 Å². The molecule has 0 unspecified atom stereocenters. The van der Waals surface area contributed by atoms with Crippen LogP contribution in [0.1, 0.15) is 51.5 Å². The van der Waals surface area contributed by atoms with E-state index in [-0.39, 0.29) is 5.91 Å². The molecule has 1 amide bonds. The Bertz CT molecular complexity index is 941. The van der Waals surface area contributed by atoms with Crippen LogP contribution in [-0.2, 0) is 14.3 Å². The SMILES string of the molecule is CCOc1ccc(C=C2C(=O)N(CCC3=CCCCC3)C(C)=C2C(=O)OC)cc1OC. The zero-order valence-corrected chi connectivity index (χ0v) is 18.8. The summed E-state index contributed by atoms with van der Waals surface area (Å²) in [6.07, 6.45) is 9.45. The molecule has 0 saturated heterocycles. The molecule has 0 saturated carbocycles. The first-order valence-electron chi connectivity index (χ1n) is 10.8. The lowest BCUT2D eigenvalue weighted by Crippen LogP contribution is -2.26. The molecule has 1 aromatic rings. The van der Waals surface area contributed by atoms with Crippen molar-refractivity contribution in [2.45, 2.75) is 46.0 Å². The van der Waals surface area contributed by atoms with Crippen molar-refractivity contribution in [1.29, 1.82) is 0 Å². The van der Waals surface area contributed by atoms with Crippen molar-refractivity contribution in [3.63, 3.8) is 0 Å². The summed E-state index contributed by atoms with van der Waals surface area (Å²) in [6.45, 7) is 4.79. The van der Waals surface area contributed by atoms with Gasteiger partial charge in [-0.15, -0.1) is 0 Å². The van der Waals surface area contributed by atoms with Crippen LogP contribution in [0.3, 0.4) is 0 Å². The molecule has 1 aliphatic carbocycles. The van der Waals surface area contributed by atoms with Gasteiger partial charge < -0.3 is 19.1 Å². The Kier molecular flexibility index (Phi) is 7.55. The fourth-order valence-corrected chi connectivity index (χ4v) is 4.10. The van der Waals surface area contributed by atoms with E-state index in [1.165, 1.54) is 25.5 Å². The van der Waals surface area contributed by atoms with E-state index in [4.69, 9.17) is 14.2 Å². The molecule has 0 spiro atoms. The summed E-state index contributed by atoms with van der Waals surface area (Å²) in [5.74, 6) is 0.520. The summed E-state index contributed by atoms with van der Waals surface area (Å²) in [5.41, 5.74) is 3.43. The second kappa shape index (κ2) is 10.3. The van der Waals surface area contributed by atoms with Gasteiger partial charge in [0.2, 0.25) is 0 Å². The Balaban J connectivity index is 1.92. The molecule has 0 N–H and O–H groups in total. The number of benzene rings is 1. The summed E-state index contributed by atoms with van der Waals surface area (Å²) in [6, 6.07) is 5.44. The molecule has 3 rings (SSSR count). The number of allylic oxidation sites excluding steroid dienone is 2. The van der Waals surface area contributed by atoms with Gasteiger partial charge in [0, 0.05) is 12.2 Å². The highest BCUT2D eigenvalue weighted by Gasteiger charge is 2.36. The van der Waals surface area contributed by atoms with Crippen LogP contribution in [0.15, 0.2) is 46.7 Å². The molecule has 31 heavy (non-hydrogen) atoms. The molecular formula is C25H31NO5. The van der Waals surface area contributed by atoms with E-state index < -0.39 is 5.97 Å². The lowest BCUT2D eigenvalue weighted by Gasteiger charge is -2.20. The first-order chi connectivity index (χ1) is 15.0. The Morgan fingerprint density at radius 2 is 2.00 bits per heavy atom. The highest BCUT2D eigenvalue weighted by Crippen LogP contribution is 2.34. The fraction of sp³-hybridized carbons (Fsp3) is 0.440. The van der Waals surface area contributed by atoms with Crippen molar-refractivity contribution in [2.75, 3.05) is 27.4 Å². The molecule has 1 heterocycles. The van der Waals surface area contributed by atoms with Crippen molar-refractivity contribution in [3.05, 3.63) is 52.3 Å². The van der Waals surface area contributed by atoms with Crippen LogP contribution in [0.4, 0.5) is 0 Å². The van der Waals surface area contributed by atoms with Crippen molar-refractivity contribution in [3.8, 4) is 11.5 Å². The van der Waals surface area contributed by atoms with Crippen molar-refractivity contribution in [1.82, 2.24) is 4.90 Å². The number of carbonyl (C=O) groups is 2. The summed E-state index contributed by atoms with van der Waals surface area (Å²) in [7, 11) is 2.90. The van der Waals surface area contributed by atoms with Crippen LogP contribution in [0.5, 0.6) is 11.5 Å². The zero-order chi connectivity index (χ0) is 22.4. The minimum Gasteiger partial charge on any atom is -0.493 e. The number of ether oxygens (including phenoxy) is 3. The van der Waals surface area contributed by atoms with Gasteiger partial charge in [-0.1, -0.05) is 17.7 Å². The average Bonchev–Trinajstić information content (AvgIpc) is 3.02. The van der Waals surface area contributed by atoms with Crippen LogP contribution in [0.25, 0.3) is 6.08 Å². The average molecular weight is 426 g/mol. The van der Waals surface area contributed by atoms with E-state index in [9.17, 15) is 9.59 Å². The third-order valence-corrected chi connectivity index (χ3v) is 5.74. The van der Waals surface area contributed by atoms with E-state index in [1.54, 1.807) is 37.1 Å². The molecule has 2 aliphatic rings. The summed E-state index contributed by atoms with van der Waals surface area (Å²) in [4.78, 5) is 27.5. The number of amides is 1. The number of hydrogen-bond donors (Lipinski definition) is 0. The number of nitrogens with zero attached hydrogens (tertiary/aromatic N) is 1. The number of methoxy groups -OCH3 is 2. The predicted octanol–water partition coefficient (Wildman–Crippen LogP) is 4.66. The summed E-state index contributed by atoms with van der Waals surface area (Å²) in [5, 5.41) is 0. The maximum atomic E-state index is 13.3. The maximum Gasteiger partial charge on any atom is 0.340 e. The lowest BCUT2D eigenvalue weighted by molar-refractivity contribution is -0.136. The van der Waals surface area contributed by atoms with Gasteiger partial charge in [0.15, 0.2) is 11.5 Å². The van der Waals surface area contributed by atoms with E-state index in [1.807, 2.05) is 13.0 Å². The fourth-order valence-electron chi connectivity index (χ4n) is 4.10. The van der Waals surface area contributed by atoms with Gasteiger partial charge in [-0.25, -0.2) is 4.79 Å². The number of carbonyl (C=O) groups excluding carboxylic acids is 2. The quantitative estimate of drug-likeness (QED) is 0.344. The number of hydrogen-bond acceptors (Lipinski definition) is 5. The van der Waals surface area contributed by atoms with E-state index in [0.29, 0.717) is 41.5 Å². The molecule has 0 atom stereocenters. The third-order valence-electron chi connectivity index (χ3n) is 5.74. The van der Waals surface area contributed by atoms with Gasteiger partial charge >= 0.3 is 5.97 Å². The molecule has 6 heteroatoms.